The average molecular weight is 852 g/mol. The quantitative estimate of drug-likeness (QED) is 0.146. The van der Waals surface area contributed by atoms with Crippen LogP contribution in [0.4, 0.5) is 39.3 Å². The highest BCUT2D eigenvalue weighted by Crippen LogP contribution is 2.45. The lowest BCUT2D eigenvalue weighted by atomic mass is 9.92. The number of fused-ring (bicyclic) bond motifs is 1. The van der Waals surface area contributed by atoms with Crippen LogP contribution in [0.15, 0.2) is 47.3 Å². The van der Waals surface area contributed by atoms with Gasteiger partial charge in [0.2, 0.25) is 16.0 Å². The lowest BCUT2D eigenvalue weighted by Crippen LogP contribution is -2.55. The van der Waals surface area contributed by atoms with Gasteiger partial charge in [-0.1, -0.05) is 12.8 Å². The molecule has 7 rings (SSSR count). The number of ether oxygens (including phenoxy) is 2. The number of methoxy groups -OCH3 is 1. The number of carbonyl (C=O) groups excluding carboxylic acids is 1. The number of piperidine rings is 1. The SMILES string of the molecule is COc1cc(N2CCC(N3CCN(C(=O)OC(C)(C)C)CC3)CC2)c(C2CCCC2)cc1Nc1ncc(Br)c(Nc2ccc3nccnc3c2NS(C)(=O)=O)n1. The minimum absolute atomic E-state index is 0.225. The number of anilines is 6. The van der Waals surface area contributed by atoms with Crippen molar-refractivity contribution < 1.29 is 22.7 Å². The summed E-state index contributed by atoms with van der Waals surface area (Å²) in [6, 6.07) is 8.34. The van der Waals surface area contributed by atoms with Crippen LogP contribution in [0.25, 0.3) is 11.0 Å². The summed E-state index contributed by atoms with van der Waals surface area (Å²) in [6.45, 7) is 10.7. The van der Waals surface area contributed by atoms with Crippen molar-refractivity contribution in [3.8, 4) is 5.75 Å². The minimum Gasteiger partial charge on any atom is -0.494 e. The van der Waals surface area contributed by atoms with Gasteiger partial charge >= 0.3 is 6.09 Å². The molecule has 1 amide bonds. The Hall–Kier alpha value is -4.48. The fraction of sp³-hybridized carbons (Fsp3) is 0.513. The van der Waals surface area contributed by atoms with E-state index in [2.05, 4.69) is 68.2 Å². The third-order valence-corrected chi connectivity index (χ3v) is 11.8. The van der Waals surface area contributed by atoms with E-state index in [-0.39, 0.29) is 11.8 Å². The number of hydrogen-bond acceptors (Lipinski definition) is 13. The molecule has 0 bridgehead atoms. The first-order chi connectivity index (χ1) is 26.7. The number of halogens is 1. The molecule has 15 nitrogen and oxygen atoms in total. The highest BCUT2D eigenvalue weighted by Gasteiger charge is 2.32. The second-order valence-electron chi connectivity index (χ2n) is 15.7. The van der Waals surface area contributed by atoms with E-state index in [0.29, 0.717) is 63.8 Å². The van der Waals surface area contributed by atoms with E-state index in [1.807, 2.05) is 25.7 Å². The fourth-order valence-corrected chi connectivity index (χ4v) is 8.82. The van der Waals surface area contributed by atoms with Gasteiger partial charge in [0.05, 0.1) is 40.4 Å². The van der Waals surface area contributed by atoms with Gasteiger partial charge in [-0.15, -0.1) is 0 Å². The largest absolute Gasteiger partial charge is 0.494 e. The number of nitrogens with one attached hydrogen (secondary N) is 3. The molecule has 2 aromatic carbocycles. The smallest absolute Gasteiger partial charge is 0.410 e. The van der Waals surface area contributed by atoms with E-state index >= 15 is 0 Å². The molecule has 17 heteroatoms. The van der Waals surface area contributed by atoms with Crippen molar-refractivity contribution in [1.29, 1.82) is 0 Å². The summed E-state index contributed by atoms with van der Waals surface area (Å²) in [5, 5.41) is 6.69. The zero-order valence-corrected chi connectivity index (χ0v) is 35.0. The van der Waals surface area contributed by atoms with Gasteiger partial charge < -0.3 is 29.9 Å². The zero-order chi connectivity index (χ0) is 39.6. The molecule has 300 valence electrons. The molecular weight excluding hydrogens is 800 g/mol. The van der Waals surface area contributed by atoms with E-state index in [1.165, 1.54) is 30.3 Å². The summed E-state index contributed by atoms with van der Waals surface area (Å²) in [5.74, 6) is 1.89. The number of aromatic nitrogens is 4. The van der Waals surface area contributed by atoms with Gasteiger partial charge in [-0.25, -0.2) is 18.2 Å². The first kappa shape index (κ1) is 39.7. The van der Waals surface area contributed by atoms with Crippen molar-refractivity contribution in [3.05, 3.63) is 52.9 Å². The van der Waals surface area contributed by atoms with Crippen LogP contribution in [0.5, 0.6) is 5.75 Å². The standard InChI is InChI=1S/C39H51BrN10O5S/c1-39(2,3)55-38(51)50-20-18-48(19-21-50)26-12-16-49(17-13-26)32-23-33(54-4)31(22-27(32)25-8-6-7-9-25)45-37-43-24-28(40)36(46-37)44-30-11-10-29-34(42-15-14-41-29)35(30)47-56(5,52)53/h10-11,14-15,22-26,47H,6-9,12-13,16-21H2,1-5H3,(H2,43,44,45,46). The van der Waals surface area contributed by atoms with E-state index in [0.717, 1.165) is 63.8 Å². The Balaban J connectivity index is 1.09. The minimum atomic E-state index is -3.64. The van der Waals surface area contributed by atoms with E-state index < -0.39 is 15.6 Å². The summed E-state index contributed by atoms with van der Waals surface area (Å²) in [6.07, 6.45) is 12.4. The Labute approximate surface area is 337 Å². The van der Waals surface area contributed by atoms with Gasteiger partial charge in [-0.3, -0.25) is 19.6 Å². The molecule has 3 N–H and O–H groups in total. The molecule has 4 aromatic rings. The lowest BCUT2D eigenvalue weighted by molar-refractivity contribution is 0.00901. The molecule has 2 aromatic heterocycles. The van der Waals surface area contributed by atoms with Crippen molar-refractivity contribution in [2.75, 3.05) is 72.9 Å². The van der Waals surface area contributed by atoms with Crippen molar-refractivity contribution in [1.82, 2.24) is 29.7 Å². The molecule has 4 heterocycles. The average Bonchev–Trinajstić information content (AvgIpc) is 3.71. The Morgan fingerprint density at radius 2 is 1.62 bits per heavy atom. The highest BCUT2D eigenvalue weighted by atomic mass is 79.9. The van der Waals surface area contributed by atoms with Crippen LogP contribution in [0.3, 0.4) is 0 Å². The number of nitrogens with zero attached hydrogens (tertiary/aromatic N) is 7. The molecule has 0 unspecified atom stereocenters. The van der Waals surface area contributed by atoms with Crippen molar-refractivity contribution in [2.45, 2.75) is 76.9 Å². The van der Waals surface area contributed by atoms with Crippen LogP contribution in [-0.2, 0) is 14.8 Å². The normalized spacial score (nSPS) is 17.6. The van der Waals surface area contributed by atoms with Crippen LogP contribution >= 0.6 is 15.9 Å². The van der Waals surface area contributed by atoms with Crippen LogP contribution in [0.2, 0.25) is 0 Å². The Morgan fingerprint density at radius 1 is 0.911 bits per heavy atom. The molecule has 3 aliphatic rings. The van der Waals surface area contributed by atoms with Gasteiger partial charge in [-0.05, 0) is 92.1 Å². The zero-order valence-electron chi connectivity index (χ0n) is 32.6. The summed E-state index contributed by atoms with van der Waals surface area (Å²) in [5.41, 5.74) is 4.46. The first-order valence-corrected chi connectivity index (χ1v) is 21.9. The van der Waals surface area contributed by atoms with Crippen molar-refractivity contribution >= 4 is 77.6 Å². The van der Waals surface area contributed by atoms with Gasteiger partial charge in [0, 0.05) is 75.7 Å². The Kier molecular flexibility index (Phi) is 11.7. The lowest BCUT2D eigenvalue weighted by Gasteiger charge is -2.43. The van der Waals surface area contributed by atoms with Crippen LogP contribution < -0.4 is 25.0 Å². The molecule has 2 aliphatic heterocycles. The topological polar surface area (TPSA) is 167 Å². The molecule has 0 spiro atoms. The predicted octanol–water partition coefficient (Wildman–Crippen LogP) is 7.23. The van der Waals surface area contributed by atoms with E-state index in [1.54, 1.807) is 31.6 Å². The number of carbonyl (C=O) groups is 1. The molecule has 0 atom stereocenters. The van der Waals surface area contributed by atoms with Crippen molar-refractivity contribution in [3.63, 3.8) is 0 Å². The number of piperazine rings is 1. The summed E-state index contributed by atoms with van der Waals surface area (Å²) >= 11 is 3.56. The molecule has 3 fully saturated rings. The van der Waals surface area contributed by atoms with Gasteiger partial charge in [0.1, 0.15) is 22.7 Å². The van der Waals surface area contributed by atoms with Crippen molar-refractivity contribution in [2.24, 2.45) is 0 Å². The third kappa shape index (κ3) is 9.37. The van der Waals surface area contributed by atoms with Gasteiger partial charge in [0.25, 0.3) is 0 Å². The Morgan fingerprint density at radius 3 is 2.30 bits per heavy atom. The number of rotatable bonds is 10. The maximum Gasteiger partial charge on any atom is 0.410 e. The second kappa shape index (κ2) is 16.5. The van der Waals surface area contributed by atoms with E-state index in [9.17, 15) is 13.2 Å². The number of amides is 1. The molecule has 56 heavy (non-hydrogen) atoms. The number of benzene rings is 2. The van der Waals surface area contributed by atoms with Crippen LogP contribution in [-0.4, -0.2) is 109 Å². The molecule has 1 saturated carbocycles. The van der Waals surface area contributed by atoms with Crippen LogP contribution in [0.1, 0.15) is 70.8 Å². The molecule has 1 aliphatic carbocycles. The maximum atomic E-state index is 12.6. The number of hydrogen-bond donors (Lipinski definition) is 3. The maximum absolute atomic E-state index is 12.6. The summed E-state index contributed by atoms with van der Waals surface area (Å²) in [4.78, 5) is 37.6. The summed E-state index contributed by atoms with van der Waals surface area (Å²) < 4.78 is 39.5. The van der Waals surface area contributed by atoms with Crippen LogP contribution in [0, 0.1) is 0 Å². The number of sulfonamides is 1. The molecule has 0 radical (unpaired) electrons. The molecular formula is C39H51BrN10O5S. The second-order valence-corrected chi connectivity index (χ2v) is 18.3. The van der Waals surface area contributed by atoms with Gasteiger partial charge in [-0.2, -0.15) is 4.98 Å². The molecule has 2 saturated heterocycles. The predicted molar refractivity (Wildman–Crippen MR) is 223 cm³/mol. The monoisotopic (exact) mass is 850 g/mol. The van der Waals surface area contributed by atoms with E-state index in [4.69, 9.17) is 14.5 Å². The fourth-order valence-electron chi connectivity index (χ4n) is 7.95. The third-order valence-electron chi connectivity index (χ3n) is 10.6. The summed E-state index contributed by atoms with van der Waals surface area (Å²) in [7, 11) is -1.96. The van der Waals surface area contributed by atoms with Gasteiger partial charge in [0.15, 0.2) is 0 Å². The Bertz CT molecular complexity index is 2160. The first-order valence-electron chi connectivity index (χ1n) is 19.2. The highest BCUT2D eigenvalue weighted by molar-refractivity contribution is 9.10.